The molecule has 1 rings (SSSR count). The Morgan fingerprint density at radius 2 is 2.00 bits per heavy atom. The summed E-state index contributed by atoms with van der Waals surface area (Å²) >= 11 is 0. The lowest BCUT2D eigenvalue weighted by Gasteiger charge is -2.09. The SMILES string of the molecule is CC(CCNC(=O)Nc1ccc(C#N)cc1)C(=O)O. The van der Waals surface area contributed by atoms with Crippen molar-refractivity contribution in [1.82, 2.24) is 5.32 Å². The molecule has 0 aliphatic carbocycles. The number of anilines is 1. The van der Waals surface area contributed by atoms with Crippen molar-refractivity contribution >= 4 is 17.7 Å². The maximum absolute atomic E-state index is 11.5. The number of aliphatic carboxylic acids is 1. The number of carbonyl (C=O) groups is 2. The van der Waals surface area contributed by atoms with Gasteiger partial charge in [-0.15, -0.1) is 0 Å². The molecule has 1 aromatic rings. The van der Waals surface area contributed by atoms with Crippen LogP contribution in [0.4, 0.5) is 10.5 Å². The lowest BCUT2D eigenvalue weighted by molar-refractivity contribution is -0.141. The summed E-state index contributed by atoms with van der Waals surface area (Å²) in [6.45, 7) is 1.87. The summed E-state index contributed by atoms with van der Waals surface area (Å²) in [5.41, 5.74) is 1.09. The highest BCUT2D eigenvalue weighted by molar-refractivity contribution is 5.89. The van der Waals surface area contributed by atoms with Gasteiger partial charge in [-0.2, -0.15) is 5.26 Å². The van der Waals surface area contributed by atoms with Crippen molar-refractivity contribution in [2.45, 2.75) is 13.3 Å². The van der Waals surface area contributed by atoms with E-state index in [1.54, 1.807) is 31.2 Å². The minimum atomic E-state index is -0.880. The quantitative estimate of drug-likeness (QED) is 0.751. The molecule has 1 unspecified atom stereocenters. The Morgan fingerprint density at radius 3 is 2.53 bits per heavy atom. The van der Waals surface area contributed by atoms with Gasteiger partial charge in [-0.1, -0.05) is 6.92 Å². The molecule has 19 heavy (non-hydrogen) atoms. The van der Waals surface area contributed by atoms with Crippen molar-refractivity contribution in [2.24, 2.45) is 5.92 Å². The fourth-order valence-electron chi connectivity index (χ4n) is 1.33. The van der Waals surface area contributed by atoms with Crippen LogP contribution in [-0.2, 0) is 4.79 Å². The van der Waals surface area contributed by atoms with Gasteiger partial charge in [0.15, 0.2) is 0 Å². The van der Waals surface area contributed by atoms with Crippen LogP contribution in [0, 0.1) is 17.2 Å². The predicted molar refractivity (Wildman–Crippen MR) is 69.6 cm³/mol. The van der Waals surface area contributed by atoms with E-state index in [0.29, 0.717) is 17.7 Å². The van der Waals surface area contributed by atoms with E-state index in [2.05, 4.69) is 10.6 Å². The minimum Gasteiger partial charge on any atom is -0.481 e. The summed E-state index contributed by atoms with van der Waals surface area (Å²) in [5, 5.41) is 22.5. The first-order valence-corrected chi connectivity index (χ1v) is 5.80. The number of rotatable bonds is 5. The molecule has 0 radical (unpaired) electrons. The van der Waals surface area contributed by atoms with Gasteiger partial charge in [0.25, 0.3) is 0 Å². The first-order chi connectivity index (χ1) is 9.02. The minimum absolute atomic E-state index is 0.287. The zero-order valence-corrected chi connectivity index (χ0v) is 10.5. The van der Waals surface area contributed by atoms with E-state index in [9.17, 15) is 9.59 Å². The summed E-state index contributed by atoms with van der Waals surface area (Å²) in [4.78, 5) is 22.1. The molecule has 1 atom stereocenters. The normalized spacial score (nSPS) is 11.2. The lowest BCUT2D eigenvalue weighted by Crippen LogP contribution is -2.31. The highest BCUT2D eigenvalue weighted by Crippen LogP contribution is 2.08. The van der Waals surface area contributed by atoms with Crippen LogP contribution in [-0.4, -0.2) is 23.7 Å². The standard InChI is InChI=1S/C13H15N3O3/c1-9(12(17)18)6-7-15-13(19)16-11-4-2-10(8-14)3-5-11/h2-5,9H,6-7H2,1H3,(H,17,18)(H2,15,16,19). The van der Waals surface area contributed by atoms with E-state index < -0.39 is 17.9 Å². The van der Waals surface area contributed by atoms with E-state index >= 15 is 0 Å². The molecule has 2 amide bonds. The predicted octanol–water partition coefficient (Wildman–Crippen LogP) is 1.79. The topological polar surface area (TPSA) is 102 Å². The third kappa shape index (κ3) is 5.08. The van der Waals surface area contributed by atoms with Crippen molar-refractivity contribution < 1.29 is 14.7 Å². The Balaban J connectivity index is 2.35. The highest BCUT2D eigenvalue weighted by atomic mass is 16.4. The van der Waals surface area contributed by atoms with Crippen LogP contribution < -0.4 is 10.6 Å². The number of nitrogens with zero attached hydrogens (tertiary/aromatic N) is 1. The Morgan fingerprint density at radius 1 is 1.37 bits per heavy atom. The van der Waals surface area contributed by atoms with Gasteiger partial charge in [0.1, 0.15) is 0 Å². The number of carboxylic acid groups (broad SMARTS) is 1. The van der Waals surface area contributed by atoms with Gasteiger partial charge in [0, 0.05) is 12.2 Å². The van der Waals surface area contributed by atoms with E-state index in [-0.39, 0.29) is 6.54 Å². The zero-order valence-electron chi connectivity index (χ0n) is 10.5. The second kappa shape index (κ2) is 7.01. The summed E-state index contributed by atoms with van der Waals surface area (Å²) in [6.07, 6.45) is 0.371. The van der Waals surface area contributed by atoms with Crippen molar-refractivity contribution in [2.75, 3.05) is 11.9 Å². The van der Waals surface area contributed by atoms with Crippen LogP contribution in [0.15, 0.2) is 24.3 Å². The van der Waals surface area contributed by atoms with Crippen LogP contribution in [0.5, 0.6) is 0 Å². The lowest BCUT2D eigenvalue weighted by atomic mass is 10.1. The molecule has 100 valence electrons. The molecule has 3 N–H and O–H groups in total. The number of nitriles is 1. The molecule has 0 spiro atoms. The fourth-order valence-corrected chi connectivity index (χ4v) is 1.33. The molecule has 0 fully saturated rings. The molecule has 0 saturated heterocycles. The number of urea groups is 1. The van der Waals surface area contributed by atoms with Gasteiger partial charge in [-0.05, 0) is 30.7 Å². The molecular weight excluding hydrogens is 246 g/mol. The molecule has 0 heterocycles. The Labute approximate surface area is 111 Å². The second-order valence-corrected chi connectivity index (χ2v) is 4.10. The number of benzene rings is 1. The summed E-state index contributed by atoms with van der Waals surface area (Å²) < 4.78 is 0. The van der Waals surface area contributed by atoms with Gasteiger partial charge in [-0.25, -0.2) is 4.79 Å². The van der Waals surface area contributed by atoms with Crippen molar-refractivity contribution in [3.05, 3.63) is 29.8 Å². The number of hydrogen-bond donors (Lipinski definition) is 3. The van der Waals surface area contributed by atoms with Crippen molar-refractivity contribution in [3.8, 4) is 6.07 Å². The number of carboxylic acids is 1. The second-order valence-electron chi connectivity index (χ2n) is 4.10. The van der Waals surface area contributed by atoms with Crippen LogP contribution in [0.2, 0.25) is 0 Å². The van der Waals surface area contributed by atoms with E-state index in [1.165, 1.54) is 0 Å². The molecule has 0 saturated carbocycles. The Kier molecular flexibility index (Phi) is 5.35. The summed E-state index contributed by atoms with van der Waals surface area (Å²) in [5.74, 6) is -1.37. The van der Waals surface area contributed by atoms with Crippen molar-refractivity contribution in [1.29, 1.82) is 5.26 Å². The van der Waals surface area contributed by atoms with Crippen LogP contribution in [0.1, 0.15) is 18.9 Å². The van der Waals surface area contributed by atoms with Gasteiger partial charge >= 0.3 is 12.0 Å². The van der Waals surface area contributed by atoms with Crippen LogP contribution in [0.3, 0.4) is 0 Å². The third-order valence-electron chi connectivity index (χ3n) is 2.56. The van der Waals surface area contributed by atoms with Crippen LogP contribution in [0.25, 0.3) is 0 Å². The van der Waals surface area contributed by atoms with Gasteiger partial charge in [0.05, 0.1) is 17.6 Å². The average Bonchev–Trinajstić information content (AvgIpc) is 2.39. The monoisotopic (exact) mass is 261 g/mol. The molecule has 6 heteroatoms. The molecule has 6 nitrogen and oxygen atoms in total. The van der Waals surface area contributed by atoms with Gasteiger partial charge in [-0.3, -0.25) is 4.79 Å². The average molecular weight is 261 g/mol. The van der Waals surface area contributed by atoms with E-state index in [1.807, 2.05) is 6.07 Å². The highest BCUT2D eigenvalue weighted by Gasteiger charge is 2.10. The molecule has 0 aromatic heterocycles. The number of amides is 2. The summed E-state index contributed by atoms with van der Waals surface area (Å²) in [6, 6.07) is 8.02. The number of carbonyl (C=O) groups excluding carboxylic acids is 1. The molecule has 0 bridgehead atoms. The van der Waals surface area contributed by atoms with E-state index in [0.717, 1.165) is 0 Å². The smallest absolute Gasteiger partial charge is 0.319 e. The number of nitrogens with one attached hydrogen (secondary N) is 2. The molecule has 0 aliphatic heterocycles. The zero-order chi connectivity index (χ0) is 14.3. The largest absolute Gasteiger partial charge is 0.481 e. The molecule has 0 aliphatic rings. The van der Waals surface area contributed by atoms with Gasteiger partial charge in [0.2, 0.25) is 0 Å². The van der Waals surface area contributed by atoms with Crippen LogP contribution >= 0.6 is 0 Å². The third-order valence-corrected chi connectivity index (χ3v) is 2.56. The maximum Gasteiger partial charge on any atom is 0.319 e. The molecular formula is C13H15N3O3. The van der Waals surface area contributed by atoms with Gasteiger partial charge < -0.3 is 15.7 Å². The summed E-state index contributed by atoms with van der Waals surface area (Å²) in [7, 11) is 0. The maximum atomic E-state index is 11.5. The van der Waals surface area contributed by atoms with Crippen molar-refractivity contribution in [3.63, 3.8) is 0 Å². The number of hydrogen-bond acceptors (Lipinski definition) is 3. The Bertz CT molecular complexity index is 491. The molecule has 1 aromatic carbocycles. The van der Waals surface area contributed by atoms with E-state index in [4.69, 9.17) is 10.4 Å². The Hall–Kier alpha value is -2.55. The first kappa shape index (κ1) is 14.5. The fraction of sp³-hybridized carbons (Fsp3) is 0.308. The first-order valence-electron chi connectivity index (χ1n) is 5.80.